The van der Waals surface area contributed by atoms with Gasteiger partial charge in [0.1, 0.15) is 5.75 Å². The minimum Gasteiger partial charge on any atom is -0.497 e. The van der Waals surface area contributed by atoms with Crippen molar-refractivity contribution in [2.75, 3.05) is 7.11 Å². The summed E-state index contributed by atoms with van der Waals surface area (Å²) >= 11 is 6.32. The maximum absolute atomic E-state index is 6.32. The maximum atomic E-state index is 6.32. The van der Waals surface area contributed by atoms with Crippen LogP contribution in [0.5, 0.6) is 5.75 Å². The molecule has 0 aliphatic heterocycles. The second kappa shape index (κ2) is 8.03. The van der Waals surface area contributed by atoms with E-state index in [-0.39, 0.29) is 0 Å². The number of hydrogen-bond donors (Lipinski definition) is 0. The highest BCUT2D eigenvalue weighted by molar-refractivity contribution is 6.31. The van der Waals surface area contributed by atoms with Gasteiger partial charge in [0.05, 0.1) is 7.11 Å². The quantitative estimate of drug-likeness (QED) is 0.527. The van der Waals surface area contributed by atoms with E-state index in [0.717, 1.165) is 23.6 Å². The maximum Gasteiger partial charge on any atom is 0.118 e. The largest absolute Gasteiger partial charge is 0.497 e. The summed E-state index contributed by atoms with van der Waals surface area (Å²) in [5, 5.41) is 0.846. The summed E-state index contributed by atoms with van der Waals surface area (Å²) in [7, 11) is 1.70. The highest BCUT2D eigenvalue weighted by Gasteiger charge is 2.15. The van der Waals surface area contributed by atoms with Gasteiger partial charge < -0.3 is 4.74 Å². The predicted molar refractivity (Wildman–Crippen MR) is 101 cm³/mol. The third-order valence-corrected chi connectivity index (χ3v) is 4.75. The van der Waals surface area contributed by atoms with Gasteiger partial charge in [-0.25, -0.2) is 0 Å². The summed E-state index contributed by atoms with van der Waals surface area (Å²) in [5.74, 6) is 1.23. The first-order valence-electron chi connectivity index (χ1n) is 8.20. The molecule has 24 heavy (non-hydrogen) atoms. The Kier molecular flexibility index (Phi) is 5.55. The minimum absolute atomic E-state index is 0.341. The van der Waals surface area contributed by atoms with Crippen molar-refractivity contribution >= 4 is 11.6 Å². The van der Waals surface area contributed by atoms with Crippen molar-refractivity contribution in [3.8, 4) is 5.75 Å². The van der Waals surface area contributed by atoms with Crippen molar-refractivity contribution in [2.24, 2.45) is 0 Å². The molecule has 0 radical (unpaired) electrons. The van der Waals surface area contributed by atoms with E-state index in [2.05, 4.69) is 48.5 Å². The molecule has 0 heterocycles. The molecule has 0 aliphatic carbocycles. The molecule has 3 aromatic rings. The zero-order chi connectivity index (χ0) is 16.8. The number of hydrogen-bond acceptors (Lipinski definition) is 1. The lowest BCUT2D eigenvalue weighted by Gasteiger charge is -2.19. The van der Waals surface area contributed by atoms with Gasteiger partial charge in [0.25, 0.3) is 0 Å². The number of ether oxygens (including phenoxy) is 1. The SMILES string of the molecule is COc1ccc(C(CCc2ccccc2Cl)c2ccccc2)cc1. The summed E-state index contributed by atoms with van der Waals surface area (Å²) < 4.78 is 5.28. The van der Waals surface area contributed by atoms with Crippen LogP contribution in [0.2, 0.25) is 5.02 Å². The van der Waals surface area contributed by atoms with Gasteiger partial charge >= 0.3 is 0 Å². The zero-order valence-electron chi connectivity index (χ0n) is 13.8. The van der Waals surface area contributed by atoms with Crippen LogP contribution in [0.1, 0.15) is 29.0 Å². The molecular formula is C22H21ClO. The van der Waals surface area contributed by atoms with Gasteiger partial charge in [0, 0.05) is 10.9 Å². The van der Waals surface area contributed by atoms with E-state index in [9.17, 15) is 0 Å². The van der Waals surface area contributed by atoms with Gasteiger partial charge in [0.2, 0.25) is 0 Å². The molecule has 0 amide bonds. The van der Waals surface area contributed by atoms with Crippen molar-refractivity contribution in [1.29, 1.82) is 0 Å². The summed E-state index contributed by atoms with van der Waals surface area (Å²) in [4.78, 5) is 0. The van der Waals surface area contributed by atoms with Gasteiger partial charge in [-0.2, -0.15) is 0 Å². The van der Waals surface area contributed by atoms with Crippen molar-refractivity contribution in [3.05, 3.63) is 101 Å². The number of aryl methyl sites for hydroxylation is 1. The average Bonchev–Trinajstić information content (AvgIpc) is 2.65. The van der Waals surface area contributed by atoms with Crippen molar-refractivity contribution in [1.82, 2.24) is 0 Å². The van der Waals surface area contributed by atoms with E-state index in [1.165, 1.54) is 16.7 Å². The minimum atomic E-state index is 0.341. The van der Waals surface area contributed by atoms with Crippen LogP contribution < -0.4 is 4.74 Å². The van der Waals surface area contributed by atoms with E-state index in [1.54, 1.807) is 7.11 Å². The van der Waals surface area contributed by atoms with Crippen LogP contribution in [-0.4, -0.2) is 7.11 Å². The molecule has 122 valence electrons. The molecule has 1 unspecified atom stereocenters. The molecular weight excluding hydrogens is 316 g/mol. The lowest BCUT2D eigenvalue weighted by atomic mass is 9.86. The Hall–Kier alpha value is -2.25. The van der Waals surface area contributed by atoms with E-state index >= 15 is 0 Å². The summed E-state index contributed by atoms with van der Waals surface area (Å²) in [6, 6.07) is 27.1. The Balaban J connectivity index is 1.86. The number of rotatable bonds is 6. The number of methoxy groups -OCH3 is 1. The first-order valence-corrected chi connectivity index (χ1v) is 8.58. The molecule has 3 rings (SSSR count). The Labute approximate surface area is 148 Å². The average molecular weight is 337 g/mol. The molecule has 1 nitrogen and oxygen atoms in total. The lowest BCUT2D eigenvalue weighted by Crippen LogP contribution is -2.03. The summed E-state index contributed by atoms with van der Waals surface area (Å²) in [6.07, 6.45) is 1.96. The highest BCUT2D eigenvalue weighted by Crippen LogP contribution is 2.31. The fourth-order valence-corrected chi connectivity index (χ4v) is 3.28. The Bertz CT molecular complexity index is 765. The van der Waals surface area contributed by atoms with Crippen molar-refractivity contribution < 1.29 is 4.74 Å². The van der Waals surface area contributed by atoms with E-state index < -0.39 is 0 Å². The molecule has 0 fully saturated rings. The summed E-state index contributed by atoms with van der Waals surface area (Å²) in [6.45, 7) is 0. The molecule has 3 aromatic carbocycles. The van der Waals surface area contributed by atoms with Gasteiger partial charge in [0.15, 0.2) is 0 Å². The van der Waals surface area contributed by atoms with E-state index in [1.807, 2.05) is 30.3 Å². The van der Waals surface area contributed by atoms with Crippen molar-refractivity contribution in [2.45, 2.75) is 18.8 Å². The molecule has 2 heteroatoms. The third-order valence-electron chi connectivity index (χ3n) is 4.38. The number of benzene rings is 3. The zero-order valence-corrected chi connectivity index (χ0v) is 14.5. The van der Waals surface area contributed by atoms with Crippen LogP contribution >= 0.6 is 11.6 Å². The second-order valence-corrected chi connectivity index (χ2v) is 6.27. The first kappa shape index (κ1) is 16.6. The van der Waals surface area contributed by atoms with Crippen LogP contribution in [0.25, 0.3) is 0 Å². The normalized spacial score (nSPS) is 11.9. The second-order valence-electron chi connectivity index (χ2n) is 5.87. The number of halogens is 1. The molecule has 0 aromatic heterocycles. The molecule has 0 bridgehead atoms. The monoisotopic (exact) mass is 336 g/mol. The highest BCUT2D eigenvalue weighted by atomic mass is 35.5. The van der Waals surface area contributed by atoms with Gasteiger partial charge in [-0.15, -0.1) is 0 Å². The first-order chi connectivity index (χ1) is 11.8. The van der Waals surface area contributed by atoms with Gasteiger partial charge in [-0.1, -0.05) is 72.3 Å². The van der Waals surface area contributed by atoms with Gasteiger partial charge in [-0.05, 0) is 47.7 Å². The Morgan fingerprint density at radius 2 is 1.42 bits per heavy atom. The fourth-order valence-electron chi connectivity index (χ4n) is 3.05. The van der Waals surface area contributed by atoms with Crippen LogP contribution in [0.15, 0.2) is 78.9 Å². The molecule has 0 saturated carbocycles. The Morgan fingerprint density at radius 1 is 0.792 bits per heavy atom. The van der Waals surface area contributed by atoms with Gasteiger partial charge in [-0.3, -0.25) is 0 Å². The Morgan fingerprint density at radius 3 is 2.08 bits per heavy atom. The standard InChI is InChI=1S/C22H21ClO/c1-24-20-14-11-18(12-15-20)21(17-7-3-2-4-8-17)16-13-19-9-5-6-10-22(19)23/h2-12,14-15,21H,13,16H2,1H3. The molecule has 0 saturated heterocycles. The molecule has 0 aliphatic rings. The van der Waals surface area contributed by atoms with Crippen LogP contribution in [0, 0.1) is 0 Å². The molecule has 1 atom stereocenters. The lowest BCUT2D eigenvalue weighted by molar-refractivity contribution is 0.414. The smallest absolute Gasteiger partial charge is 0.118 e. The van der Waals surface area contributed by atoms with Crippen molar-refractivity contribution in [3.63, 3.8) is 0 Å². The topological polar surface area (TPSA) is 9.23 Å². The van der Waals surface area contributed by atoms with Crippen LogP contribution in [0.3, 0.4) is 0 Å². The third kappa shape index (κ3) is 3.98. The molecule has 0 N–H and O–H groups in total. The predicted octanol–water partition coefficient (Wildman–Crippen LogP) is 6.11. The fraction of sp³-hybridized carbons (Fsp3) is 0.182. The van der Waals surface area contributed by atoms with E-state index in [4.69, 9.17) is 16.3 Å². The van der Waals surface area contributed by atoms with Crippen LogP contribution in [0.4, 0.5) is 0 Å². The van der Waals surface area contributed by atoms with E-state index in [0.29, 0.717) is 5.92 Å². The summed E-state index contributed by atoms with van der Waals surface area (Å²) in [5.41, 5.74) is 3.83. The molecule has 0 spiro atoms. The van der Waals surface area contributed by atoms with Crippen LogP contribution in [-0.2, 0) is 6.42 Å².